The van der Waals surface area contributed by atoms with Gasteiger partial charge in [-0.2, -0.15) is 0 Å². The van der Waals surface area contributed by atoms with Crippen molar-refractivity contribution in [3.63, 3.8) is 0 Å². The monoisotopic (exact) mass is 260 g/mol. The Morgan fingerprint density at radius 3 is 2.50 bits per heavy atom. The second-order valence-electron chi connectivity index (χ2n) is 4.45. The van der Waals surface area contributed by atoms with E-state index in [1.165, 1.54) is 16.9 Å². The predicted octanol–water partition coefficient (Wildman–Crippen LogP) is 3.13. The van der Waals surface area contributed by atoms with Crippen molar-refractivity contribution in [1.82, 2.24) is 9.88 Å². The van der Waals surface area contributed by atoms with Crippen LogP contribution in [0.15, 0.2) is 24.3 Å². The summed E-state index contributed by atoms with van der Waals surface area (Å²) in [7, 11) is 3.52. The quantitative estimate of drug-likeness (QED) is 0.831. The minimum absolute atomic E-state index is 0.0184. The highest BCUT2D eigenvalue weighted by molar-refractivity contribution is 7.17. The van der Waals surface area contributed by atoms with Gasteiger partial charge in [0.05, 0.1) is 5.69 Å². The molecule has 0 fully saturated rings. The first-order valence-electron chi connectivity index (χ1n) is 5.75. The topological polar surface area (TPSA) is 33.2 Å². The first kappa shape index (κ1) is 12.8. The molecule has 0 atom stereocenters. The minimum atomic E-state index is 0.0184. The normalized spacial score (nSPS) is 10.4. The van der Waals surface area contributed by atoms with Crippen LogP contribution in [0.3, 0.4) is 0 Å². The average Bonchev–Trinajstić information content (AvgIpc) is 2.70. The number of aromatic nitrogens is 1. The van der Waals surface area contributed by atoms with Crippen LogP contribution in [0, 0.1) is 13.8 Å². The molecule has 1 aromatic heterocycles. The van der Waals surface area contributed by atoms with Crippen LogP contribution in [-0.2, 0) is 0 Å². The minimum Gasteiger partial charge on any atom is -0.344 e. The molecule has 1 heterocycles. The van der Waals surface area contributed by atoms with Crippen molar-refractivity contribution in [2.45, 2.75) is 13.8 Å². The highest BCUT2D eigenvalue weighted by atomic mass is 32.1. The lowest BCUT2D eigenvalue weighted by Crippen LogP contribution is -2.21. The van der Waals surface area contributed by atoms with Gasteiger partial charge in [0.15, 0.2) is 0 Å². The van der Waals surface area contributed by atoms with E-state index in [0.717, 1.165) is 21.1 Å². The third kappa shape index (κ3) is 2.29. The number of nitrogens with zero attached hydrogens (tertiary/aromatic N) is 2. The largest absolute Gasteiger partial charge is 0.344 e. The van der Waals surface area contributed by atoms with Crippen LogP contribution in [0.4, 0.5) is 0 Å². The zero-order valence-corrected chi connectivity index (χ0v) is 11.8. The van der Waals surface area contributed by atoms with Crippen LogP contribution in [0.5, 0.6) is 0 Å². The van der Waals surface area contributed by atoms with Gasteiger partial charge in [-0.05, 0) is 19.4 Å². The van der Waals surface area contributed by atoms with Gasteiger partial charge >= 0.3 is 0 Å². The van der Waals surface area contributed by atoms with Crippen LogP contribution >= 0.6 is 11.3 Å². The van der Waals surface area contributed by atoms with E-state index in [4.69, 9.17) is 0 Å². The summed E-state index contributed by atoms with van der Waals surface area (Å²) >= 11 is 1.46. The Hall–Kier alpha value is -1.68. The zero-order chi connectivity index (χ0) is 13.3. The summed E-state index contributed by atoms with van der Waals surface area (Å²) in [6.45, 7) is 3.94. The molecule has 0 saturated heterocycles. The number of thiazole rings is 1. The van der Waals surface area contributed by atoms with Gasteiger partial charge < -0.3 is 4.90 Å². The Kier molecular flexibility index (Phi) is 3.48. The van der Waals surface area contributed by atoms with E-state index < -0.39 is 0 Å². The Morgan fingerprint density at radius 1 is 1.22 bits per heavy atom. The smallest absolute Gasteiger partial charge is 0.265 e. The number of aryl methyl sites for hydroxylation is 2. The van der Waals surface area contributed by atoms with Gasteiger partial charge in [0.1, 0.15) is 9.88 Å². The van der Waals surface area contributed by atoms with Crippen molar-refractivity contribution in [2.75, 3.05) is 14.1 Å². The molecule has 0 radical (unpaired) electrons. The van der Waals surface area contributed by atoms with Crippen molar-refractivity contribution in [1.29, 1.82) is 0 Å². The Morgan fingerprint density at radius 2 is 1.89 bits per heavy atom. The van der Waals surface area contributed by atoms with E-state index in [1.54, 1.807) is 19.0 Å². The van der Waals surface area contributed by atoms with E-state index in [9.17, 15) is 4.79 Å². The Labute approximate surface area is 111 Å². The lowest BCUT2D eigenvalue weighted by Gasteiger charge is -2.07. The van der Waals surface area contributed by atoms with E-state index in [1.807, 2.05) is 25.1 Å². The van der Waals surface area contributed by atoms with Crippen molar-refractivity contribution in [3.05, 3.63) is 40.4 Å². The van der Waals surface area contributed by atoms with Crippen LogP contribution in [-0.4, -0.2) is 29.9 Å². The van der Waals surface area contributed by atoms with Gasteiger partial charge in [0.2, 0.25) is 0 Å². The second-order valence-corrected chi connectivity index (χ2v) is 5.45. The molecule has 4 heteroatoms. The van der Waals surface area contributed by atoms with Crippen LogP contribution < -0.4 is 0 Å². The highest BCUT2D eigenvalue weighted by Crippen LogP contribution is 2.30. The van der Waals surface area contributed by atoms with Gasteiger partial charge in [-0.15, -0.1) is 11.3 Å². The highest BCUT2D eigenvalue weighted by Gasteiger charge is 2.18. The van der Waals surface area contributed by atoms with Crippen LogP contribution in [0.1, 0.15) is 20.9 Å². The number of carbonyl (C=O) groups is 1. The third-order valence-electron chi connectivity index (χ3n) is 2.77. The number of hydrogen-bond donors (Lipinski definition) is 0. The summed E-state index contributed by atoms with van der Waals surface area (Å²) < 4.78 is 0. The molecule has 1 amide bonds. The second kappa shape index (κ2) is 4.90. The lowest BCUT2D eigenvalue weighted by atomic mass is 10.1. The number of hydrogen-bond acceptors (Lipinski definition) is 3. The molecule has 0 aliphatic carbocycles. The molecule has 2 rings (SSSR count). The molecule has 0 saturated carbocycles. The first-order valence-corrected chi connectivity index (χ1v) is 6.57. The number of amides is 1. The Bertz CT molecular complexity index is 587. The summed E-state index contributed by atoms with van der Waals surface area (Å²) in [6.07, 6.45) is 0. The summed E-state index contributed by atoms with van der Waals surface area (Å²) in [4.78, 5) is 18.8. The van der Waals surface area contributed by atoms with Crippen molar-refractivity contribution >= 4 is 17.2 Å². The molecule has 0 aliphatic heterocycles. The third-order valence-corrected chi connectivity index (χ3v) is 3.95. The van der Waals surface area contributed by atoms with Gasteiger partial charge in [-0.3, -0.25) is 4.79 Å². The van der Waals surface area contributed by atoms with E-state index in [0.29, 0.717) is 0 Å². The fraction of sp³-hybridized carbons (Fsp3) is 0.286. The number of carbonyl (C=O) groups excluding carboxylic acids is 1. The summed E-state index contributed by atoms with van der Waals surface area (Å²) in [6, 6.07) is 8.09. The number of rotatable bonds is 2. The molecule has 0 aliphatic rings. The van der Waals surface area contributed by atoms with Crippen molar-refractivity contribution in [2.24, 2.45) is 0 Å². The fourth-order valence-electron chi connectivity index (χ4n) is 1.73. The Balaban J connectivity index is 2.47. The zero-order valence-electron chi connectivity index (χ0n) is 11.0. The standard InChI is InChI=1S/C14H16N2OS/c1-9-7-5-6-8-11(9)13-15-10(2)12(18-13)14(17)16(3)4/h5-8H,1-4H3. The van der Waals surface area contributed by atoms with Crippen LogP contribution in [0.25, 0.3) is 10.6 Å². The molecule has 3 nitrogen and oxygen atoms in total. The molecular weight excluding hydrogens is 244 g/mol. The molecule has 94 valence electrons. The van der Waals surface area contributed by atoms with Crippen LogP contribution in [0.2, 0.25) is 0 Å². The van der Waals surface area contributed by atoms with E-state index >= 15 is 0 Å². The lowest BCUT2D eigenvalue weighted by molar-refractivity contribution is 0.0831. The van der Waals surface area contributed by atoms with Gasteiger partial charge in [0.25, 0.3) is 5.91 Å². The molecule has 18 heavy (non-hydrogen) atoms. The van der Waals surface area contributed by atoms with Gasteiger partial charge in [0, 0.05) is 19.7 Å². The molecule has 0 unspecified atom stereocenters. The number of benzene rings is 1. The molecule has 2 aromatic rings. The summed E-state index contributed by atoms with van der Waals surface area (Å²) in [5, 5.41) is 0.913. The first-order chi connectivity index (χ1) is 8.50. The molecule has 0 bridgehead atoms. The van der Waals surface area contributed by atoms with Crippen molar-refractivity contribution < 1.29 is 4.79 Å². The van der Waals surface area contributed by atoms with Gasteiger partial charge in [-0.25, -0.2) is 4.98 Å². The molecular formula is C14H16N2OS. The summed E-state index contributed by atoms with van der Waals surface area (Å²) in [5.41, 5.74) is 3.08. The van der Waals surface area contributed by atoms with E-state index in [2.05, 4.69) is 18.0 Å². The molecule has 0 N–H and O–H groups in total. The van der Waals surface area contributed by atoms with E-state index in [-0.39, 0.29) is 5.91 Å². The van der Waals surface area contributed by atoms with Gasteiger partial charge in [-0.1, -0.05) is 24.3 Å². The predicted molar refractivity (Wildman–Crippen MR) is 75.0 cm³/mol. The average molecular weight is 260 g/mol. The fourth-order valence-corrected chi connectivity index (χ4v) is 2.90. The van der Waals surface area contributed by atoms with Crippen molar-refractivity contribution in [3.8, 4) is 10.6 Å². The maximum Gasteiger partial charge on any atom is 0.265 e. The maximum atomic E-state index is 12.0. The molecule has 1 aromatic carbocycles. The summed E-state index contributed by atoms with van der Waals surface area (Å²) in [5.74, 6) is 0.0184. The SMILES string of the molecule is Cc1ccccc1-c1nc(C)c(C(=O)N(C)C)s1. The maximum absolute atomic E-state index is 12.0. The molecule has 0 spiro atoms.